The first kappa shape index (κ1) is 32.8. The van der Waals surface area contributed by atoms with Crippen molar-refractivity contribution in [3.05, 3.63) is 65.2 Å². The van der Waals surface area contributed by atoms with Gasteiger partial charge in [-0.2, -0.15) is 8.78 Å². The highest BCUT2D eigenvalue weighted by molar-refractivity contribution is 5.96. The van der Waals surface area contributed by atoms with Crippen LogP contribution in [0.3, 0.4) is 0 Å². The lowest BCUT2D eigenvalue weighted by Crippen LogP contribution is -2.57. The van der Waals surface area contributed by atoms with E-state index in [0.29, 0.717) is 38.3 Å². The molecule has 1 saturated heterocycles. The number of halogens is 2. The van der Waals surface area contributed by atoms with Crippen molar-refractivity contribution in [2.24, 2.45) is 5.92 Å². The summed E-state index contributed by atoms with van der Waals surface area (Å²) in [4.78, 5) is 54.2. The fourth-order valence-electron chi connectivity index (χ4n) is 5.45. The number of ether oxygens (including phenoxy) is 1. The Balaban J connectivity index is 1.62. The van der Waals surface area contributed by atoms with Crippen LogP contribution >= 0.6 is 0 Å². The van der Waals surface area contributed by atoms with Crippen LogP contribution in [0.25, 0.3) is 0 Å². The highest BCUT2D eigenvalue weighted by Gasteiger charge is 2.41. The zero-order valence-electron chi connectivity index (χ0n) is 24.8. The molecular weight excluding hydrogens is 574 g/mol. The smallest absolute Gasteiger partial charge is 0.346 e. The number of carbonyl (C=O) groups excluding carboxylic acids is 4. The summed E-state index contributed by atoms with van der Waals surface area (Å²) < 4.78 is 34.1. The number of hydrogen-bond acceptors (Lipinski definition) is 6. The molecule has 44 heavy (non-hydrogen) atoms. The standard InChI is InChI=1S/C32H40F2N4O6/c1-21-9-11-25-16-24(21)18-35-29(41)26(12-10-22-6-3-2-4-7-22)36-30(42)27(37-31(43)32(33,34)20-39)17-28(40)38-14-5-8-23(19-38)13-15-44-25/h2-4,6-7,9,11,16,23,26-27,39H,5,8,10,12-15,17-20H2,1H3,(H,35,41)(H,36,42)(H,37,43)/t23?,26-,27-/m0/s1. The van der Waals surface area contributed by atoms with Crippen molar-refractivity contribution >= 4 is 23.6 Å². The van der Waals surface area contributed by atoms with E-state index in [1.54, 1.807) is 4.90 Å². The minimum absolute atomic E-state index is 0.138. The van der Waals surface area contributed by atoms with E-state index >= 15 is 0 Å². The zero-order chi connectivity index (χ0) is 31.7. The molecule has 2 heterocycles. The molecule has 0 saturated carbocycles. The van der Waals surface area contributed by atoms with Crippen molar-refractivity contribution in [2.45, 2.75) is 70.0 Å². The van der Waals surface area contributed by atoms with Gasteiger partial charge in [0.1, 0.15) is 24.4 Å². The molecule has 2 aromatic rings. The normalized spacial score (nSPS) is 22.1. The molecule has 0 radical (unpaired) electrons. The molecule has 10 nitrogen and oxygen atoms in total. The molecule has 1 unspecified atom stereocenters. The Kier molecular flexibility index (Phi) is 11.3. The van der Waals surface area contributed by atoms with Gasteiger partial charge >= 0.3 is 5.92 Å². The van der Waals surface area contributed by atoms with Crippen molar-refractivity contribution in [3.8, 4) is 5.75 Å². The minimum atomic E-state index is -4.16. The molecule has 12 heteroatoms. The van der Waals surface area contributed by atoms with E-state index in [1.165, 1.54) is 0 Å². The summed E-state index contributed by atoms with van der Waals surface area (Å²) in [6, 6.07) is 12.1. The van der Waals surface area contributed by atoms with Crippen LogP contribution in [0, 0.1) is 12.8 Å². The lowest BCUT2D eigenvalue weighted by molar-refractivity contribution is -0.153. The van der Waals surface area contributed by atoms with Gasteiger partial charge in [-0.25, -0.2) is 0 Å². The third-order valence-corrected chi connectivity index (χ3v) is 8.17. The van der Waals surface area contributed by atoms with Crippen molar-refractivity contribution in [3.63, 3.8) is 0 Å². The molecule has 4 amide bonds. The topological polar surface area (TPSA) is 137 Å². The second-order valence-corrected chi connectivity index (χ2v) is 11.5. The fraction of sp³-hybridized carbons (Fsp3) is 0.500. The third kappa shape index (κ3) is 8.98. The molecule has 0 aliphatic carbocycles. The molecule has 0 spiro atoms. The maximum absolute atomic E-state index is 14.0. The zero-order valence-corrected chi connectivity index (χ0v) is 24.8. The van der Waals surface area contributed by atoms with Gasteiger partial charge < -0.3 is 30.7 Å². The summed E-state index contributed by atoms with van der Waals surface area (Å²) in [6.07, 6.45) is 2.27. The van der Waals surface area contributed by atoms with Gasteiger partial charge in [-0.05, 0) is 73.8 Å². The van der Waals surface area contributed by atoms with Crippen LogP contribution in [0.5, 0.6) is 5.75 Å². The van der Waals surface area contributed by atoms with Crippen molar-refractivity contribution in [1.29, 1.82) is 0 Å². The van der Waals surface area contributed by atoms with E-state index < -0.39 is 54.7 Å². The van der Waals surface area contributed by atoms with Crippen LogP contribution in [0.15, 0.2) is 48.5 Å². The van der Waals surface area contributed by atoms with Crippen molar-refractivity contribution < 1.29 is 37.8 Å². The maximum atomic E-state index is 14.0. The molecule has 2 aromatic carbocycles. The number of piperidine rings is 1. The van der Waals surface area contributed by atoms with Gasteiger partial charge in [-0.1, -0.05) is 36.4 Å². The first-order valence-electron chi connectivity index (χ1n) is 15.0. The van der Waals surface area contributed by atoms with Gasteiger partial charge in [0.25, 0.3) is 5.91 Å². The summed E-state index contributed by atoms with van der Waals surface area (Å²) in [5.41, 5.74) is 2.68. The molecule has 2 aliphatic rings. The summed E-state index contributed by atoms with van der Waals surface area (Å²) in [7, 11) is 0. The molecule has 2 aliphatic heterocycles. The van der Waals surface area contributed by atoms with Crippen LogP contribution in [-0.2, 0) is 32.1 Å². The molecule has 0 aromatic heterocycles. The second-order valence-electron chi connectivity index (χ2n) is 11.5. The average molecular weight is 615 g/mol. The summed E-state index contributed by atoms with van der Waals surface area (Å²) in [5, 5.41) is 16.4. The lowest BCUT2D eigenvalue weighted by Gasteiger charge is -2.34. The Bertz CT molecular complexity index is 1330. The van der Waals surface area contributed by atoms with E-state index in [2.05, 4.69) is 10.6 Å². The third-order valence-electron chi connectivity index (χ3n) is 8.17. The van der Waals surface area contributed by atoms with Crippen LogP contribution < -0.4 is 20.7 Å². The Morgan fingerprint density at radius 2 is 1.89 bits per heavy atom. The fourth-order valence-corrected chi connectivity index (χ4v) is 5.45. The largest absolute Gasteiger partial charge is 0.494 e. The highest BCUT2D eigenvalue weighted by atomic mass is 19.3. The van der Waals surface area contributed by atoms with E-state index in [4.69, 9.17) is 9.84 Å². The van der Waals surface area contributed by atoms with E-state index in [1.807, 2.05) is 60.8 Å². The number of alkyl halides is 2. The SMILES string of the molecule is Cc1ccc2cc1CNC(=O)[C@H](CCc1ccccc1)NC(=O)[C@@H](NC(=O)C(F)(F)CO)CC(=O)N1CCCC(CCO2)C1. The van der Waals surface area contributed by atoms with Gasteiger partial charge in [-0.15, -0.1) is 0 Å². The van der Waals surface area contributed by atoms with Crippen LogP contribution in [0.1, 0.15) is 48.8 Å². The molecule has 238 valence electrons. The predicted molar refractivity (Wildman–Crippen MR) is 158 cm³/mol. The molecule has 1 fully saturated rings. The first-order valence-corrected chi connectivity index (χ1v) is 15.0. The lowest BCUT2D eigenvalue weighted by atomic mass is 9.94. The van der Waals surface area contributed by atoms with Crippen LogP contribution in [0.2, 0.25) is 0 Å². The molecular formula is C32H40F2N4O6. The Labute approximate surface area is 255 Å². The van der Waals surface area contributed by atoms with E-state index in [9.17, 15) is 28.0 Å². The predicted octanol–water partition coefficient (Wildman–Crippen LogP) is 2.25. The Morgan fingerprint density at radius 1 is 1.11 bits per heavy atom. The second kappa shape index (κ2) is 15.1. The van der Waals surface area contributed by atoms with Gasteiger partial charge in [0, 0.05) is 19.6 Å². The molecule has 4 rings (SSSR count). The monoisotopic (exact) mass is 614 g/mol. The Morgan fingerprint density at radius 3 is 2.64 bits per heavy atom. The highest BCUT2D eigenvalue weighted by Crippen LogP contribution is 2.23. The average Bonchev–Trinajstić information content (AvgIpc) is 3.02. The number of nitrogens with zero attached hydrogens (tertiary/aromatic N) is 1. The molecule has 4 bridgehead atoms. The summed E-state index contributed by atoms with van der Waals surface area (Å²) in [5.74, 6) is -7.20. The number of hydrogen-bond donors (Lipinski definition) is 4. The van der Waals surface area contributed by atoms with Crippen molar-refractivity contribution in [1.82, 2.24) is 20.9 Å². The number of aliphatic hydroxyl groups is 1. The molecule has 4 N–H and O–H groups in total. The van der Waals surface area contributed by atoms with E-state index in [0.717, 1.165) is 29.5 Å². The number of nitrogens with one attached hydrogen (secondary N) is 3. The van der Waals surface area contributed by atoms with E-state index in [-0.39, 0.29) is 18.9 Å². The van der Waals surface area contributed by atoms with Crippen LogP contribution in [0.4, 0.5) is 8.78 Å². The quantitative estimate of drug-likeness (QED) is 0.394. The number of aryl methyl sites for hydroxylation is 2. The van der Waals surface area contributed by atoms with Gasteiger partial charge in [0.05, 0.1) is 13.0 Å². The number of fused-ring (bicyclic) bond motifs is 4. The number of rotatable bonds is 6. The summed E-state index contributed by atoms with van der Waals surface area (Å²) >= 11 is 0. The first-order chi connectivity index (χ1) is 21.1. The van der Waals surface area contributed by atoms with Crippen molar-refractivity contribution in [2.75, 3.05) is 26.3 Å². The maximum Gasteiger partial charge on any atom is 0.346 e. The Hall–Kier alpha value is -4.06. The van der Waals surface area contributed by atoms with Gasteiger partial charge in [0.15, 0.2) is 0 Å². The van der Waals surface area contributed by atoms with Gasteiger partial charge in [-0.3, -0.25) is 19.2 Å². The minimum Gasteiger partial charge on any atom is -0.494 e. The van der Waals surface area contributed by atoms with Crippen LogP contribution in [-0.4, -0.2) is 77.9 Å². The number of carbonyl (C=O) groups is 4. The number of amides is 4. The molecule has 3 atom stereocenters. The van der Waals surface area contributed by atoms with Gasteiger partial charge in [0.2, 0.25) is 17.7 Å². The number of aliphatic hydroxyl groups excluding tert-OH is 1. The summed E-state index contributed by atoms with van der Waals surface area (Å²) in [6.45, 7) is 1.54. The number of benzene rings is 2.